The first-order valence-electron chi connectivity index (χ1n) is 6.14. The van der Waals surface area contributed by atoms with Crippen LogP contribution in [0, 0.1) is 0 Å². The lowest BCUT2D eigenvalue weighted by atomic mass is 9.93. The van der Waals surface area contributed by atoms with E-state index in [9.17, 15) is 0 Å². The number of hydrogen-bond donors (Lipinski definition) is 1. The summed E-state index contributed by atoms with van der Waals surface area (Å²) in [7, 11) is 0. The van der Waals surface area contributed by atoms with Gasteiger partial charge in [0.15, 0.2) is 0 Å². The Hall–Kier alpha value is -0.380. The van der Waals surface area contributed by atoms with Crippen molar-refractivity contribution in [2.24, 2.45) is 0 Å². The maximum atomic E-state index is 6.04. The molecule has 88 valence electrons. The van der Waals surface area contributed by atoms with Crippen molar-refractivity contribution in [3.05, 3.63) is 21.9 Å². The second-order valence-corrected chi connectivity index (χ2v) is 6.29. The van der Waals surface area contributed by atoms with E-state index in [-0.39, 0.29) is 6.10 Å². The highest BCUT2D eigenvalue weighted by molar-refractivity contribution is 7.10. The first-order chi connectivity index (χ1) is 7.71. The molecule has 1 aliphatic carbocycles. The van der Waals surface area contributed by atoms with E-state index in [1.54, 1.807) is 5.56 Å². The molecular weight excluding hydrogens is 218 g/mol. The monoisotopic (exact) mass is 237 g/mol. The third-order valence-corrected chi connectivity index (χ3v) is 4.69. The van der Waals surface area contributed by atoms with E-state index in [0.29, 0.717) is 11.5 Å². The molecule has 0 amide bonds. The lowest BCUT2D eigenvalue weighted by Crippen LogP contribution is -2.33. The molecule has 1 atom stereocenters. The standard InChI is InChI=1S/C13H19NOS/c1-9(2)14-7-11-12-10(3-6-16-12)13(4-5-13)8-15-11/h3,6,9,11,14H,4-5,7-8H2,1-2H3/t11-/m0/s1. The fourth-order valence-corrected chi connectivity index (χ4v) is 3.55. The van der Waals surface area contributed by atoms with Gasteiger partial charge in [0.05, 0.1) is 6.61 Å². The van der Waals surface area contributed by atoms with Crippen molar-refractivity contribution in [2.45, 2.75) is 44.2 Å². The Morgan fingerprint density at radius 3 is 3.06 bits per heavy atom. The molecule has 0 aromatic carbocycles. The summed E-state index contributed by atoms with van der Waals surface area (Å²) in [5, 5.41) is 5.70. The van der Waals surface area contributed by atoms with Crippen molar-refractivity contribution in [1.82, 2.24) is 5.32 Å². The molecule has 0 radical (unpaired) electrons. The van der Waals surface area contributed by atoms with E-state index >= 15 is 0 Å². The summed E-state index contributed by atoms with van der Waals surface area (Å²) in [5.41, 5.74) is 2.00. The first-order valence-corrected chi connectivity index (χ1v) is 7.02. The van der Waals surface area contributed by atoms with E-state index in [2.05, 4.69) is 30.6 Å². The van der Waals surface area contributed by atoms with E-state index in [1.165, 1.54) is 17.7 Å². The zero-order chi connectivity index (χ0) is 11.2. The summed E-state index contributed by atoms with van der Waals surface area (Å²) >= 11 is 1.86. The maximum absolute atomic E-state index is 6.04. The van der Waals surface area contributed by atoms with Crippen molar-refractivity contribution in [3.8, 4) is 0 Å². The molecule has 1 aromatic heterocycles. The fourth-order valence-electron chi connectivity index (χ4n) is 2.48. The predicted molar refractivity (Wildman–Crippen MR) is 67.1 cm³/mol. The highest BCUT2D eigenvalue weighted by Gasteiger charge is 2.50. The number of hydrogen-bond acceptors (Lipinski definition) is 3. The largest absolute Gasteiger partial charge is 0.370 e. The molecule has 1 fully saturated rings. The Kier molecular flexibility index (Phi) is 2.57. The van der Waals surface area contributed by atoms with Crippen LogP contribution in [0.3, 0.4) is 0 Å². The minimum Gasteiger partial charge on any atom is -0.370 e. The molecule has 2 nitrogen and oxygen atoms in total. The zero-order valence-electron chi connectivity index (χ0n) is 9.95. The zero-order valence-corrected chi connectivity index (χ0v) is 10.8. The van der Waals surface area contributed by atoms with Gasteiger partial charge in [0.2, 0.25) is 0 Å². The quantitative estimate of drug-likeness (QED) is 0.873. The summed E-state index contributed by atoms with van der Waals surface area (Å²) in [6, 6.07) is 2.85. The van der Waals surface area contributed by atoms with Gasteiger partial charge < -0.3 is 10.1 Å². The second kappa shape index (κ2) is 3.83. The van der Waals surface area contributed by atoms with Crippen LogP contribution in [-0.4, -0.2) is 19.2 Å². The normalized spacial score (nSPS) is 26.1. The number of nitrogens with one attached hydrogen (secondary N) is 1. The van der Waals surface area contributed by atoms with Crippen molar-refractivity contribution in [2.75, 3.05) is 13.2 Å². The van der Waals surface area contributed by atoms with E-state index in [4.69, 9.17) is 4.74 Å². The average molecular weight is 237 g/mol. The molecule has 3 rings (SSSR count). The van der Waals surface area contributed by atoms with Crippen molar-refractivity contribution in [3.63, 3.8) is 0 Å². The summed E-state index contributed by atoms with van der Waals surface area (Å²) in [5.74, 6) is 0. The Morgan fingerprint density at radius 2 is 2.38 bits per heavy atom. The molecule has 2 heterocycles. The van der Waals surface area contributed by atoms with Crippen LogP contribution in [-0.2, 0) is 10.2 Å². The van der Waals surface area contributed by atoms with Crippen LogP contribution < -0.4 is 5.32 Å². The summed E-state index contributed by atoms with van der Waals surface area (Å²) in [6.45, 7) is 6.24. The number of thiophene rings is 1. The Balaban J connectivity index is 1.79. The topological polar surface area (TPSA) is 21.3 Å². The van der Waals surface area contributed by atoms with Crippen LogP contribution in [0.15, 0.2) is 11.4 Å². The molecule has 1 spiro atoms. The lowest BCUT2D eigenvalue weighted by molar-refractivity contribution is 0.0240. The van der Waals surface area contributed by atoms with Crippen molar-refractivity contribution < 1.29 is 4.74 Å². The van der Waals surface area contributed by atoms with Crippen LogP contribution >= 0.6 is 11.3 Å². The SMILES string of the molecule is CC(C)NC[C@@H]1OCC2(CC2)c2ccsc21. The molecule has 2 aliphatic rings. The van der Waals surface area contributed by atoms with Crippen molar-refractivity contribution in [1.29, 1.82) is 0 Å². The van der Waals surface area contributed by atoms with Gasteiger partial charge in [-0.25, -0.2) is 0 Å². The van der Waals surface area contributed by atoms with Crippen LogP contribution in [0.25, 0.3) is 0 Å². The molecule has 3 heteroatoms. The van der Waals surface area contributed by atoms with E-state index in [0.717, 1.165) is 13.2 Å². The fraction of sp³-hybridized carbons (Fsp3) is 0.692. The van der Waals surface area contributed by atoms with Gasteiger partial charge in [-0.15, -0.1) is 11.3 Å². The lowest BCUT2D eigenvalue weighted by Gasteiger charge is -2.30. The molecule has 0 bridgehead atoms. The van der Waals surface area contributed by atoms with Crippen LogP contribution in [0.5, 0.6) is 0 Å². The molecule has 1 N–H and O–H groups in total. The minimum absolute atomic E-state index is 0.281. The van der Waals surface area contributed by atoms with Crippen molar-refractivity contribution >= 4 is 11.3 Å². The third-order valence-electron chi connectivity index (χ3n) is 3.68. The summed E-state index contributed by atoms with van der Waals surface area (Å²) in [6.07, 6.45) is 2.92. The Labute approximate surface area is 101 Å². The molecule has 1 aliphatic heterocycles. The molecule has 1 saturated carbocycles. The average Bonchev–Trinajstić information content (AvgIpc) is 2.84. The minimum atomic E-state index is 0.281. The third kappa shape index (κ3) is 1.71. The highest BCUT2D eigenvalue weighted by Crippen LogP contribution is 2.55. The van der Waals surface area contributed by atoms with Gasteiger partial charge >= 0.3 is 0 Å². The van der Waals surface area contributed by atoms with Gasteiger partial charge in [-0.3, -0.25) is 0 Å². The van der Waals surface area contributed by atoms with Gasteiger partial charge in [0.25, 0.3) is 0 Å². The summed E-state index contributed by atoms with van der Waals surface area (Å²) < 4.78 is 6.04. The smallest absolute Gasteiger partial charge is 0.104 e. The van der Waals surface area contributed by atoms with Crippen LogP contribution in [0.4, 0.5) is 0 Å². The number of rotatable bonds is 3. The Morgan fingerprint density at radius 1 is 1.56 bits per heavy atom. The molecule has 0 unspecified atom stereocenters. The van der Waals surface area contributed by atoms with E-state index in [1.807, 2.05) is 11.3 Å². The van der Waals surface area contributed by atoms with Gasteiger partial charge in [-0.2, -0.15) is 0 Å². The van der Waals surface area contributed by atoms with Gasteiger partial charge in [-0.1, -0.05) is 13.8 Å². The highest BCUT2D eigenvalue weighted by atomic mass is 32.1. The van der Waals surface area contributed by atoms with Gasteiger partial charge in [-0.05, 0) is 29.9 Å². The number of ether oxygens (including phenoxy) is 1. The first kappa shape index (κ1) is 10.8. The molecule has 16 heavy (non-hydrogen) atoms. The number of fused-ring (bicyclic) bond motifs is 2. The molecular formula is C13H19NOS. The Bertz CT molecular complexity index is 381. The van der Waals surface area contributed by atoms with Gasteiger partial charge in [0.1, 0.15) is 6.10 Å². The summed E-state index contributed by atoms with van der Waals surface area (Å²) in [4.78, 5) is 1.47. The molecule has 1 aromatic rings. The molecule has 0 saturated heterocycles. The van der Waals surface area contributed by atoms with Gasteiger partial charge in [0, 0.05) is 22.9 Å². The van der Waals surface area contributed by atoms with Crippen LogP contribution in [0.1, 0.15) is 43.2 Å². The van der Waals surface area contributed by atoms with E-state index < -0.39 is 0 Å². The second-order valence-electron chi connectivity index (χ2n) is 5.34. The maximum Gasteiger partial charge on any atom is 0.104 e. The predicted octanol–water partition coefficient (Wildman–Crippen LogP) is 2.85. The van der Waals surface area contributed by atoms with Crippen LogP contribution in [0.2, 0.25) is 0 Å².